The van der Waals surface area contributed by atoms with Gasteiger partial charge in [-0.05, 0) is 25.8 Å². The third-order valence-electron chi connectivity index (χ3n) is 3.46. The topological polar surface area (TPSA) is 73.7 Å². The fourth-order valence-corrected chi connectivity index (χ4v) is 2.45. The van der Waals surface area contributed by atoms with Crippen LogP contribution in [-0.2, 0) is 19.5 Å². The highest BCUT2D eigenvalue weighted by Gasteiger charge is 2.22. The van der Waals surface area contributed by atoms with Gasteiger partial charge >= 0.3 is 0 Å². The second kappa shape index (κ2) is 6.67. The number of nitrogens with one attached hydrogen (secondary N) is 1. The quantitative estimate of drug-likeness (QED) is 0.595. The van der Waals surface area contributed by atoms with Crippen molar-refractivity contribution in [2.75, 3.05) is 0 Å². The highest BCUT2D eigenvalue weighted by molar-refractivity contribution is 5.21. The molecule has 0 aliphatic heterocycles. The summed E-state index contributed by atoms with van der Waals surface area (Å²) in [5, 5.41) is 4.59. The predicted octanol–water partition coefficient (Wildman–Crippen LogP) is 1.62. The van der Waals surface area contributed by atoms with Crippen LogP contribution in [0.1, 0.15) is 50.4 Å². The Morgan fingerprint density at radius 2 is 2.15 bits per heavy atom. The van der Waals surface area contributed by atoms with Crippen molar-refractivity contribution in [1.29, 1.82) is 0 Å². The van der Waals surface area contributed by atoms with Crippen molar-refractivity contribution in [3.8, 4) is 0 Å². The molecule has 1 atom stereocenters. The number of hydrogen-bond donors (Lipinski definition) is 2. The Bertz CT molecular complexity index is 542. The lowest BCUT2D eigenvalue weighted by Gasteiger charge is -2.18. The summed E-state index contributed by atoms with van der Waals surface area (Å²) >= 11 is 0. The molecule has 6 nitrogen and oxygen atoms in total. The van der Waals surface area contributed by atoms with Gasteiger partial charge in [0.1, 0.15) is 11.9 Å². The van der Waals surface area contributed by atoms with Gasteiger partial charge in [0.15, 0.2) is 0 Å². The first-order valence-electron chi connectivity index (χ1n) is 7.28. The van der Waals surface area contributed by atoms with E-state index in [1.54, 1.807) is 0 Å². The van der Waals surface area contributed by atoms with Gasteiger partial charge in [-0.15, -0.1) is 0 Å². The van der Waals surface area contributed by atoms with E-state index >= 15 is 0 Å². The third-order valence-corrected chi connectivity index (χ3v) is 3.46. The molecule has 0 radical (unpaired) electrons. The van der Waals surface area contributed by atoms with Gasteiger partial charge in [-0.25, -0.2) is 10.4 Å². The van der Waals surface area contributed by atoms with E-state index in [4.69, 9.17) is 5.84 Å². The highest BCUT2D eigenvalue weighted by Crippen LogP contribution is 2.21. The highest BCUT2D eigenvalue weighted by atomic mass is 15.3. The second-order valence-corrected chi connectivity index (χ2v) is 4.81. The molecule has 2 rings (SSSR count). The minimum absolute atomic E-state index is 0.135. The molecule has 2 aromatic heterocycles. The molecule has 110 valence electrons. The standard InChI is InChI=1S/C14H24N6/c1-4-8-19-9-7-16-14(19)13(17-15)12-10-11(5-2)18-20(12)6-3/h7,9-10,13,17H,4-6,8,15H2,1-3H3. The monoisotopic (exact) mass is 276 g/mol. The molecule has 0 spiro atoms. The average molecular weight is 276 g/mol. The zero-order valence-electron chi connectivity index (χ0n) is 12.5. The van der Waals surface area contributed by atoms with Gasteiger partial charge in [-0.1, -0.05) is 13.8 Å². The Morgan fingerprint density at radius 1 is 1.35 bits per heavy atom. The first kappa shape index (κ1) is 14.7. The van der Waals surface area contributed by atoms with Crippen LogP contribution in [0.3, 0.4) is 0 Å². The molecule has 0 saturated carbocycles. The van der Waals surface area contributed by atoms with Crippen LogP contribution in [0.2, 0.25) is 0 Å². The van der Waals surface area contributed by atoms with Crippen LogP contribution >= 0.6 is 0 Å². The zero-order valence-corrected chi connectivity index (χ0v) is 12.5. The van der Waals surface area contributed by atoms with E-state index < -0.39 is 0 Å². The molecule has 0 saturated heterocycles. The minimum Gasteiger partial charge on any atom is -0.333 e. The number of imidazole rings is 1. The summed E-state index contributed by atoms with van der Waals surface area (Å²) in [7, 11) is 0. The molecule has 20 heavy (non-hydrogen) atoms. The molecule has 0 aliphatic carbocycles. The van der Waals surface area contributed by atoms with E-state index in [9.17, 15) is 0 Å². The fraction of sp³-hybridized carbons (Fsp3) is 0.571. The predicted molar refractivity (Wildman–Crippen MR) is 79.0 cm³/mol. The summed E-state index contributed by atoms with van der Waals surface area (Å²) in [6.45, 7) is 8.10. The lowest BCUT2D eigenvalue weighted by Crippen LogP contribution is -2.32. The summed E-state index contributed by atoms with van der Waals surface area (Å²) in [6, 6.07) is 1.98. The van der Waals surface area contributed by atoms with Gasteiger partial charge in [0, 0.05) is 25.5 Å². The van der Waals surface area contributed by atoms with E-state index in [0.29, 0.717) is 0 Å². The number of nitrogens with zero attached hydrogens (tertiary/aromatic N) is 4. The lowest BCUT2D eigenvalue weighted by atomic mass is 10.1. The third kappa shape index (κ3) is 2.76. The van der Waals surface area contributed by atoms with Crippen molar-refractivity contribution in [2.45, 2.75) is 52.7 Å². The van der Waals surface area contributed by atoms with Gasteiger partial charge in [-0.2, -0.15) is 5.10 Å². The van der Waals surface area contributed by atoms with Crippen LogP contribution < -0.4 is 11.3 Å². The van der Waals surface area contributed by atoms with E-state index in [1.165, 1.54) is 0 Å². The maximum absolute atomic E-state index is 5.79. The van der Waals surface area contributed by atoms with Crippen LogP contribution in [0.4, 0.5) is 0 Å². The summed E-state index contributed by atoms with van der Waals surface area (Å²) in [6.07, 6.45) is 5.80. The number of aryl methyl sites for hydroxylation is 3. The van der Waals surface area contributed by atoms with Crippen molar-refractivity contribution in [2.24, 2.45) is 5.84 Å². The normalized spacial score (nSPS) is 12.8. The molecular weight excluding hydrogens is 252 g/mol. The van der Waals surface area contributed by atoms with Crippen molar-refractivity contribution < 1.29 is 0 Å². The summed E-state index contributed by atoms with van der Waals surface area (Å²) in [5.74, 6) is 6.73. The summed E-state index contributed by atoms with van der Waals surface area (Å²) in [4.78, 5) is 4.47. The molecular formula is C14H24N6. The van der Waals surface area contributed by atoms with E-state index in [-0.39, 0.29) is 6.04 Å². The number of rotatable bonds is 7. The maximum Gasteiger partial charge on any atom is 0.133 e. The first-order valence-corrected chi connectivity index (χ1v) is 7.28. The Kier molecular flexibility index (Phi) is 4.92. The Hall–Kier alpha value is -1.66. The van der Waals surface area contributed by atoms with Crippen LogP contribution in [-0.4, -0.2) is 19.3 Å². The van der Waals surface area contributed by atoms with Gasteiger partial charge in [0.25, 0.3) is 0 Å². The number of hydrogen-bond acceptors (Lipinski definition) is 4. The van der Waals surface area contributed by atoms with Crippen LogP contribution in [0, 0.1) is 0 Å². The molecule has 1 unspecified atom stereocenters. The average Bonchev–Trinajstić information content (AvgIpc) is 3.08. The molecule has 0 aromatic carbocycles. The minimum atomic E-state index is -0.135. The molecule has 6 heteroatoms. The molecule has 0 bridgehead atoms. The van der Waals surface area contributed by atoms with Crippen LogP contribution in [0.25, 0.3) is 0 Å². The van der Waals surface area contributed by atoms with Crippen LogP contribution in [0.15, 0.2) is 18.5 Å². The molecule has 2 aromatic rings. The molecule has 0 fully saturated rings. The van der Waals surface area contributed by atoms with E-state index in [1.807, 2.05) is 17.1 Å². The maximum atomic E-state index is 5.79. The second-order valence-electron chi connectivity index (χ2n) is 4.81. The zero-order chi connectivity index (χ0) is 14.5. The Labute approximate surface area is 120 Å². The van der Waals surface area contributed by atoms with Gasteiger partial charge in [0.05, 0.1) is 11.4 Å². The molecule has 0 aliphatic rings. The molecule has 0 amide bonds. The fourth-order valence-electron chi connectivity index (χ4n) is 2.45. The Balaban J connectivity index is 2.41. The number of nitrogens with two attached hydrogens (primary N) is 1. The van der Waals surface area contributed by atoms with E-state index in [0.717, 1.165) is 43.1 Å². The van der Waals surface area contributed by atoms with Gasteiger partial charge in [-0.3, -0.25) is 10.5 Å². The van der Waals surface area contributed by atoms with Gasteiger partial charge < -0.3 is 4.57 Å². The summed E-state index contributed by atoms with van der Waals surface area (Å²) in [5.41, 5.74) is 5.03. The lowest BCUT2D eigenvalue weighted by molar-refractivity contribution is 0.498. The summed E-state index contributed by atoms with van der Waals surface area (Å²) < 4.78 is 4.14. The molecule has 2 heterocycles. The molecule has 3 N–H and O–H groups in total. The first-order chi connectivity index (χ1) is 9.74. The Morgan fingerprint density at radius 3 is 2.75 bits per heavy atom. The number of aromatic nitrogens is 4. The van der Waals surface area contributed by atoms with Gasteiger partial charge in [0.2, 0.25) is 0 Å². The van der Waals surface area contributed by atoms with Crippen molar-refractivity contribution in [1.82, 2.24) is 24.8 Å². The van der Waals surface area contributed by atoms with Crippen molar-refractivity contribution >= 4 is 0 Å². The van der Waals surface area contributed by atoms with Crippen LogP contribution in [0.5, 0.6) is 0 Å². The number of hydrazine groups is 1. The van der Waals surface area contributed by atoms with Crippen molar-refractivity contribution in [3.05, 3.63) is 35.7 Å². The SMILES string of the molecule is CCCn1ccnc1C(NN)c1cc(CC)nn1CC. The van der Waals surface area contributed by atoms with E-state index in [2.05, 4.69) is 46.9 Å². The largest absolute Gasteiger partial charge is 0.333 e. The smallest absolute Gasteiger partial charge is 0.133 e. The van der Waals surface area contributed by atoms with Crippen molar-refractivity contribution in [3.63, 3.8) is 0 Å².